The van der Waals surface area contributed by atoms with E-state index in [0.29, 0.717) is 6.54 Å². The van der Waals surface area contributed by atoms with E-state index in [1.54, 1.807) is 12.5 Å². The molecular formula is C14H15N3O. The summed E-state index contributed by atoms with van der Waals surface area (Å²) in [4.78, 5) is 15.5. The van der Waals surface area contributed by atoms with Gasteiger partial charge in [-0.2, -0.15) is 0 Å². The van der Waals surface area contributed by atoms with E-state index in [0.717, 1.165) is 5.56 Å². The molecule has 2 rings (SSSR count). The van der Waals surface area contributed by atoms with Gasteiger partial charge in [0.2, 0.25) is 5.91 Å². The molecule has 0 saturated heterocycles. The van der Waals surface area contributed by atoms with E-state index in [1.165, 1.54) is 6.08 Å². The lowest BCUT2D eigenvalue weighted by atomic mass is 10.1. The zero-order valence-corrected chi connectivity index (χ0v) is 9.99. The zero-order valence-electron chi connectivity index (χ0n) is 9.99. The molecule has 0 saturated carbocycles. The number of carbonyl (C=O) groups is 1. The second-order valence-corrected chi connectivity index (χ2v) is 3.94. The van der Waals surface area contributed by atoms with Crippen molar-refractivity contribution in [3.05, 3.63) is 67.3 Å². The number of rotatable bonds is 5. The predicted octanol–water partition coefficient (Wildman–Crippen LogP) is 1.93. The van der Waals surface area contributed by atoms with Gasteiger partial charge in [0.25, 0.3) is 0 Å². The number of aromatic nitrogens is 2. The summed E-state index contributed by atoms with van der Waals surface area (Å²) in [5.41, 5.74) is 1.06. The van der Waals surface area contributed by atoms with Gasteiger partial charge in [-0.3, -0.25) is 4.79 Å². The van der Waals surface area contributed by atoms with Crippen LogP contribution >= 0.6 is 0 Å². The van der Waals surface area contributed by atoms with Gasteiger partial charge < -0.3 is 9.88 Å². The molecule has 1 heterocycles. The number of amides is 1. The largest absolute Gasteiger partial charge is 0.344 e. The second kappa shape index (κ2) is 5.82. The number of imidazole rings is 1. The molecule has 1 amide bonds. The zero-order chi connectivity index (χ0) is 12.8. The molecule has 0 bridgehead atoms. The van der Waals surface area contributed by atoms with Gasteiger partial charge in [-0.1, -0.05) is 36.9 Å². The molecule has 1 N–H and O–H groups in total. The first-order valence-electron chi connectivity index (χ1n) is 5.73. The molecule has 1 atom stereocenters. The van der Waals surface area contributed by atoms with Crippen LogP contribution in [0.4, 0.5) is 0 Å². The number of hydrogen-bond acceptors (Lipinski definition) is 2. The van der Waals surface area contributed by atoms with Crippen molar-refractivity contribution in [1.29, 1.82) is 0 Å². The maximum atomic E-state index is 11.5. The van der Waals surface area contributed by atoms with E-state index in [1.807, 2.05) is 41.1 Å². The molecule has 92 valence electrons. The fourth-order valence-corrected chi connectivity index (χ4v) is 1.76. The van der Waals surface area contributed by atoms with Crippen LogP contribution in [0.2, 0.25) is 0 Å². The average Bonchev–Trinajstić information content (AvgIpc) is 2.92. The van der Waals surface area contributed by atoms with Crippen molar-refractivity contribution in [2.24, 2.45) is 0 Å². The van der Waals surface area contributed by atoms with Gasteiger partial charge in [0.15, 0.2) is 0 Å². The lowest BCUT2D eigenvalue weighted by Gasteiger charge is -2.18. The summed E-state index contributed by atoms with van der Waals surface area (Å²) >= 11 is 0. The van der Waals surface area contributed by atoms with E-state index < -0.39 is 0 Å². The maximum Gasteiger partial charge on any atom is 0.243 e. The predicted molar refractivity (Wildman–Crippen MR) is 69.7 cm³/mol. The first kappa shape index (κ1) is 12.1. The molecule has 4 heteroatoms. The Morgan fingerprint density at radius 1 is 1.44 bits per heavy atom. The van der Waals surface area contributed by atoms with Crippen LogP contribution in [-0.2, 0) is 11.3 Å². The topological polar surface area (TPSA) is 46.9 Å². The minimum atomic E-state index is -0.177. The summed E-state index contributed by atoms with van der Waals surface area (Å²) in [7, 11) is 0. The number of nitrogens with one attached hydrogen (secondary N) is 1. The molecule has 0 aliphatic rings. The standard InChI is InChI=1S/C14H15N3O/c1-2-14(18)16-13(10-17-9-8-15-11-17)12-6-4-3-5-7-12/h2-9,11,13H,1,10H2,(H,16,18). The van der Waals surface area contributed by atoms with Gasteiger partial charge in [0.05, 0.1) is 12.4 Å². The van der Waals surface area contributed by atoms with Crippen molar-refractivity contribution in [3.8, 4) is 0 Å². The van der Waals surface area contributed by atoms with Crippen molar-refractivity contribution in [3.63, 3.8) is 0 Å². The van der Waals surface area contributed by atoms with Crippen molar-refractivity contribution >= 4 is 5.91 Å². The SMILES string of the molecule is C=CC(=O)NC(Cn1ccnc1)c1ccccc1. The van der Waals surface area contributed by atoms with Crippen molar-refractivity contribution in [2.75, 3.05) is 0 Å². The highest BCUT2D eigenvalue weighted by molar-refractivity contribution is 5.87. The third-order valence-electron chi connectivity index (χ3n) is 2.66. The van der Waals surface area contributed by atoms with E-state index in [9.17, 15) is 4.79 Å². The normalized spacial score (nSPS) is 11.8. The first-order chi connectivity index (χ1) is 8.79. The highest BCUT2D eigenvalue weighted by atomic mass is 16.1. The molecule has 1 aromatic carbocycles. The Bertz CT molecular complexity index is 505. The molecule has 0 aliphatic carbocycles. The molecule has 1 aromatic heterocycles. The molecule has 4 nitrogen and oxygen atoms in total. The van der Waals surface area contributed by atoms with Crippen LogP contribution in [0.1, 0.15) is 11.6 Å². The van der Waals surface area contributed by atoms with Crippen LogP contribution in [0.25, 0.3) is 0 Å². The van der Waals surface area contributed by atoms with Gasteiger partial charge in [0.1, 0.15) is 0 Å². The summed E-state index contributed by atoms with van der Waals surface area (Å²) in [6.07, 6.45) is 6.60. The lowest BCUT2D eigenvalue weighted by Crippen LogP contribution is -2.29. The third-order valence-corrected chi connectivity index (χ3v) is 2.66. The Balaban J connectivity index is 2.17. The van der Waals surface area contributed by atoms with Crippen LogP contribution in [0.15, 0.2) is 61.7 Å². The van der Waals surface area contributed by atoms with E-state index in [4.69, 9.17) is 0 Å². The number of benzene rings is 1. The van der Waals surface area contributed by atoms with Crippen LogP contribution in [-0.4, -0.2) is 15.5 Å². The highest BCUT2D eigenvalue weighted by Gasteiger charge is 2.13. The van der Waals surface area contributed by atoms with Gasteiger partial charge in [0, 0.05) is 18.9 Å². The fourth-order valence-electron chi connectivity index (χ4n) is 1.76. The van der Waals surface area contributed by atoms with Crippen LogP contribution in [0, 0.1) is 0 Å². The molecular weight excluding hydrogens is 226 g/mol. The van der Waals surface area contributed by atoms with Gasteiger partial charge in [-0.25, -0.2) is 4.98 Å². The third kappa shape index (κ3) is 3.07. The van der Waals surface area contributed by atoms with Crippen LogP contribution in [0.3, 0.4) is 0 Å². The molecule has 18 heavy (non-hydrogen) atoms. The monoisotopic (exact) mass is 241 g/mol. The maximum absolute atomic E-state index is 11.5. The highest BCUT2D eigenvalue weighted by Crippen LogP contribution is 2.14. The number of carbonyl (C=O) groups excluding carboxylic acids is 1. The van der Waals surface area contributed by atoms with Crippen molar-refractivity contribution < 1.29 is 4.79 Å². The number of nitrogens with zero attached hydrogens (tertiary/aromatic N) is 2. The van der Waals surface area contributed by atoms with Crippen LogP contribution < -0.4 is 5.32 Å². The second-order valence-electron chi connectivity index (χ2n) is 3.94. The Hall–Kier alpha value is -2.36. The summed E-state index contributed by atoms with van der Waals surface area (Å²) < 4.78 is 1.93. The first-order valence-corrected chi connectivity index (χ1v) is 5.73. The summed E-state index contributed by atoms with van der Waals surface area (Å²) in [6.45, 7) is 4.12. The molecule has 0 fully saturated rings. The summed E-state index contributed by atoms with van der Waals surface area (Å²) in [5.74, 6) is -0.177. The number of hydrogen-bond donors (Lipinski definition) is 1. The average molecular weight is 241 g/mol. The van der Waals surface area contributed by atoms with E-state index in [2.05, 4.69) is 16.9 Å². The Morgan fingerprint density at radius 2 is 2.22 bits per heavy atom. The Morgan fingerprint density at radius 3 is 2.83 bits per heavy atom. The molecule has 0 radical (unpaired) electrons. The Labute approximate surface area is 106 Å². The molecule has 1 unspecified atom stereocenters. The van der Waals surface area contributed by atoms with Crippen LogP contribution in [0.5, 0.6) is 0 Å². The van der Waals surface area contributed by atoms with Crippen molar-refractivity contribution in [1.82, 2.24) is 14.9 Å². The Kier molecular flexibility index (Phi) is 3.91. The van der Waals surface area contributed by atoms with Gasteiger partial charge in [-0.05, 0) is 11.6 Å². The van der Waals surface area contributed by atoms with E-state index in [-0.39, 0.29) is 11.9 Å². The molecule has 0 spiro atoms. The summed E-state index contributed by atoms with van der Waals surface area (Å²) in [6, 6.07) is 9.75. The van der Waals surface area contributed by atoms with Gasteiger partial charge in [-0.15, -0.1) is 0 Å². The van der Waals surface area contributed by atoms with E-state index >= 15 is 0 Å². The minimum Gasteiger partial charge on any atom is -0.344 e. The van der Waals surface area contributed by atoms with Gasteiger partial charge >= 0.3 is 0 Å². The van der Waals surface area contributed by atoms with Crippen molar-refractivity contribution in [2.45, 2.75) is 12.6 Å². The fraction of sp³-hybridized carbons (Fsp3) is 0.143. The smallest absolute Gasteiger partial charge is 0.243 e. The molecule has 0 aliphatic heterocycles. The molecule has 2 aromatic rings. The summed E-state index contributed by atoms with van der Waals surface area (Å²) in [5, 5.41) is 2.92. The minimum absolute atomic E-state index is 0.0918. The quantitative estimate of drug-likeness (QED) is 0.813. The lowest BCUT2D eigenvalue weighted by molar-refractivity contribution is -0.117.